The molecule has 19 heavy (non-hydrogen) atoms. The summed E-state index contributed by atoms with van der Waals surface area (Å²) in [6, 6.07) is -0.219. The SMILES string of the molecule is CCN(C(=O)c1nn(C)cc1C)C1CCS(=O)(=O)C1. The highest BCUT2D eigenvalue weighted by Gasteiger charge is 2.35. The molecule has 0 aromatic carbocycles. The van der Waals surface area contributed by atoms with E-state index in [1.54, 1.807) is 22.8 Å². The summed E-state index contributed by atoms with van der Waals surface area (Å²) in [5, 5.41) is 4.16. The van der Waals surface area contributed by atoms with Gasteiger partial charge in [-0.15, -0.1) is 0 Å². The van der Waals surface area contributed by atoms with E-state index in [1.165, 1.54) is 0 Å². The monoisotopic (exact) mass is 285 g/mol. The van der Waals surface area contributed by atoms with E-state index in [-0.39, 0.29) is 23.5 Å². The molecule has 1 aromatic rings. The second kappa shape index (κ2) is 4.96. The number of rotatable bonds is 3. The van der Waals surface area contributed by atoms with Crippen LogP contribution in [-0.4, -0.2) is 53.1 Å². The van der Waals surface area contributed by atoms with E-state index >= 15 is 0 Å². The first-order valence-corrected chi connectivity index (χ1v) is 8.18. The lowest BCUT2D eigenvalue weighted by Gasteiger charge is -2.26. The molecule has 6 nitrogen and oxygen atoms in total. The van der Waals surface area contributed by atoms with Crippen molar-refractivity contribution in [2.24, 2.45) is 7.05 Å². The van der Waals surface area contributed by atoms with Crippen LogP contribution in [0.4, 0.5) is 0 Å². The molecule has 1 fully saturated rings. The van der Waals surface area contributed by atoms with E-state index in [2.05, 4.69) is 5.10 Å². The highest BCUT2D eigenvalue weighted by atomic mass is 32.2. The summed E-state index contributed by atoms with van der Waals surface area (Å²) in [5.74, 6) is 0.0592. The van der Waals surface area contributed by atoms with Crippen LogP contribution in [-0.2, 0) is 16.9 Å². The minimum atomic E-state index is -2.99. The first-order chi connectivity index (χ1) is 8.84. The van der Waals surface area contributed by atoms with E-state index in [0.717, 1.165) is 5.56 Å². The largest absolute Gasteiger partial charge is 0.333 e. The van der Waals surface area contributed by atoms with Gasteiger partial charge in [0.15, 0.2) is 15.5 Å². The zero-order valence-electron chi connectivity index (χ0n) is 11.5. The zero-order valence-corrected chi connectivity index (χ0v) is 12.3. The van der Waals surface area contributed by atoms with Gasteiger partial charge < -0.3 is 4.90 Å². The third kappa shape index (κ3) is 2.80. The molecule has 0 aliphatic carbocycles. The standard InChI is InChI=1S/C12H19N3O3S/c1-4-15(10-5-6-19(17,18)8-10)12(16)11-9(2)7-14(3)13-11/h7,10H,4-6,8H2,1-3H3. The summed E-state index contributed by atoms with van der Waals surface area (Å²) in [5.41, 5.74) is 1.22. The minimum Gasteiger partial charge on any atom is -0.333 e. The molecule has 1 aromatic heterocycles. The number of aromatic nitrogens is 2. The number of aryl methyl sites for hydroxylation is 2. The van der Waals surface area contributed by atoms with Gasteiger partial charge >= 0.3 is 0 Å². The first-order valence-electron chi connectivity index (χ1n) is 6.35. The number of hydrogen-bond donors (Lipinski definition) is 0. The molecule has 2 rings (SSSR count). The molecule has 1 aliphatic heterocycles. The Kier molecular flexibility index (Phi) is 3.66. The van der Waals surface area contributed by atoms with Gasteiger partial charge in [0.25, 0.3) is 5.91 Å². The van der Waals surface area contributed by atoms with Crippen LogP contribution in [0.1, 0.15) is 29.4 Å². The van der Waals surface area contributed by atoms with Gasteiger partial charge in [0, 0.05) is 31.4 Å². The van der Waals surface area contributed by atoms with Crippen molar-refractivity contribution >= 4 is 15.7 Å². The average molecular weight is 285 g/mol. The maximum absolute atomic E-state index is 12.5. The molecule has 1 amide bonds. The first kappa shape index (κ1) is 14.0. The molecule has 0 bridgehead atoms. The van der Waals surface area contributed by atoms with Crippen LogP contribution in [0.3, 0.4) is 0 Å². The van der Waals surface area contributed by atoms with Crippen LogP contribution in [0.2, 0.25) is 0 Å². The van der Waals surface area contributed by atoms with E-state index in [1.807, 2.05) is 13.8 Å². The van der Waals surface area contributed by atoms with Gasteiger partial charge in [-0.05, 0) is 20.3 Å². The third-order valence-corrected chi connectivity index (χ3v) is 5.22. The van der Waals surface area contributed by atoms with Gasteiger partial charge in [0.2, 0.25) is 0 Å². The van der Waals surface area contributed by atoms with Gasteiger partial charge in [-0.2, -0.15) is 5.10 Å². The Morgan fingerprint density at radius 3 is 2.68 bits per heavy atom. The average Bonchev–Trinajstić information content (AvgIpc) is 2.82. The van der Waals surface area contributed by atoms with E-state index < -0.39 is 9.84 Å². The Balaban J connectivity index is 2.23. The van der Waals surface area contributed by atoms with Crippen molar-refractivity contribution in [3.05, 3.63) is 17.5 Å². The van der Waals surface area contributed by atoms with Crippen molar-refractivity contribution in [2.45, 2.75) is 26.3 Å². The van der Waals surface area contributed by atoms with Gasteiger partial charge in [-0.3, -0.25) is 9.48 Å². The molecule has 1 saturated heterocycles. The Labute approximate surface area is 113 Å². The summed E-state index contributed by atoms with van der Waals surface area (Å²) in [7, 11) is -1.23. The fourth-order valence-corrected chi connectivity index (χ4v) is 4.27. The summed E-state index contributed by atoms with van der Waals surface area (Å²) < 4.78 is 24.7. The number of nitrogens with zero attached hydrogens (tertiary/aromatic N) is 3. The lowest BCUT2D eigenvalue weighted by Crippen LogP contribution is -2.41. The fourth-order valence-electron chi connectivity index (χ4n) is 2.54. The van der Waals surface area contributed by atoms with Gasteiger partial charge in [-0.1, -0.05) is 0 Å². The zero-order chi connectivity index (χ0) is 14.2. The van der Waals surface area contributed by atoms with Crippen LogP contribution in [0, 0.1) is 6.92 Å². The maximum Gasteiger partial charge on any atom is 0.274 e. The molecule has 106 valence electrons. The second-order valence-corrected chi connectivity index (χ2v) is 7.21. The topological polar surface area (TPSA) is 72.3 Å². The molecule has 1 atom stereocenters. The quantitative estimate of drug-likeness (QED) is 0.805. The number of sulfone groups is 1. The molecule has 7 heteroatoms. The lowest BCUT2D eigenvalue weighted by molar-refractivity contribution is 0.0701. The van der Waals surface area contributed by atoms with Crippen molar-refractivity contribution in [2.75, 3.05) is 18.1 Å². The Bertz CT molecular complexity index is 591. The number of carbonyl (C=O) groups excluding carboxylic acids is 1. The van der Waals surface area contributed by atoms with Gasteiger partial charge in [-0.25, -0.2) is 8.42 Å². The maximum atomic E-state index is 12.5. The van der Waals surface area contributed by atoms with Crippen LogP contribution in [0.15, 0.2) is 6.20 Å². The smallest absolute Gasteiger partial charge is 0.274 e. The molecule has 0 radical (unpaired) electrons. The molecule has 1 aliphatic rings. The third-order valence-electron chi connectivity index (χ3n) is 3.47. The number of hydrogen-bond acceptors (Lipinski definition) is 4. The van der Waals surface area contributed by atoms with Crippen molar-refractivity contribution in [3.63, 3.8) is 0 Å². The van der Waals surface area contributed by atoms with Gasteiger partial charge in [0.1, 0.15) is 0 Å². The summed E-state index contributed by atoms with van der Waals surface area (Å²) >= 11 is 0. The van der Waals surface area contributed by atoms with Crippen molar-refractivity contribution in [3.8, 4) is 0 Å². The predicted octanol–water partition coefficient (Wildman–Crippen LogP) is 0.378. The van der Waals surface area contributed by atoms with Crippen LogP contribution < -0.4 is 0 Å². The van der Waals surface area contributed by atoms with Crippen molar-refractivity contribution < 1.29 is 13.2 Å². The summed E-state index contributed by atoms with van der Waals surface area (Å²) in [6.07, 6.45) is 2.31. The minimum absolute atomic E-state index is 0.0679. The van der Waals surface area contributed by atoms with E-state index in [0.29, 0.717) is 18.7 Å². The number of carbonyl (C=O) groups is 1. The molecule has 0 spiro atoms. The highest BCUT2D eigenvalue weighted by molar-refractivity contribution is 7.91. The molecule has 1 unspecified atom stereocenters. The molecular formula is C12H19N3O3S. The van der Waals surface area contributed by atoms with Crippen LogP contribution in [0.5, 0.6) is 0 Å². The summed E-state index contributed by atoms with van der Waals surface area (Å²) in [4.78, 5) is 14.1. The van der Waals surface area contributed by atoms with E-state index in [9.17, 15) is 13.2 Å². The molecular weight excluding hydrogens is 266 g/mol. The van der Waals surface area contributed by atoms with Crippen molar-refractivity contribution in [1.29, 1.82) is 0 Å². The highest BCUT2D eigenvalue weighted by Crippen LogP contribution is 2.20. The summed E-state index contributed by atoms with van der Waals surface area (Å²) in [6.45, 7) is 4.19. The van der Waals surface area contributed by atoms with Crippen molar-refractivity contribution in [1.82, 2.24) is 14.7 Å². The molecule has 0 N–H and O–H groups in total. The van der Waals surface area contributed by atoms with Gasteiger partial charge in [0.05, 0.1) is 11.5 Å². The Morgan fingerprint density at radius 2 is 2.26 bits per heavy atom. The Morgan fingerprint density at radius 1 is 1.58 bits per heavy atom. The molecule has 0 saturated carbocycles. The van der Waals surface area contributed by atoms with E-state index in [4.69, 9.17) is 0 Å². The normalized spacial score (nSPS) is 21.5. The van der Waals surface area contributed by atoms with Crippen LogP contribution >= 0.6 is 0 Å². The lowest BCUT2D eigenvalue weighted by atomic mass is 10.2. The molecule has 2 heterocycles. The predicted molar refractivity (Wildman–Crippen MR) is 71.7 cm³/mol. The number of amides is 1. The Hall–Kier alpha value is -1.37. The fraction of sp³-hybridized carbons (Fsp3) is 0.667. The second-order valence-electron chi connectivity index (χ2n) is 4.98. The van der Waals surface area contributed by atoms with Crippen LogP contribution in [0.25, 0.3) is 0 Å².